The van der Waals surface area contributed by atoms with Gasteiger partial charge in [0.05, 0.1) is 5.56 Å². The van der Waals surface area contributed by atoms with E-state index in [0.29, 0.717) is 6.29 Å². The lowest BCUT2D eigenvalue weighted by Crippen LogP contribution is -2.35. The molecule has 1 aromatic carbocycles. The van der Waals surface area contributed by atoms with Crippen molar-refractivity contribution in [3.63, 3.8) is 0 Å². The summed E-state index contributed by atoms with van der Waals surface area (Å²) in [5, 5.41) is 0. The zero-order valence-electron chi connectivity index (χ0n) is 10.9. The van der Waals surface area contributed by atoms with Crippen LogP contribution in [-0.2, 0) is 10.8 Å². The highest BCUT2D eigenvalue weighted by Crippen LogP contribution is 2.46. The molecule has 0 radical (unpaired) electrons. The van der Waals surface area contributed by atoms with Crippen LogP contribution in [0.5, 0.6) is 0 Å². The van der Waals surface area contributed by atoms with Crippen LogP contribution in [-0.4, -0.2) is 6.29 Å². The Morgan fingerprint density at radius 1 is 1.12 bits per heavy atom. The quantitative estimate of drug-likeness (QED) is 0.671. The first-order valence-electron chi connectivity index (χ1n) is 6.08. The molecule has 17 heavy (non-hydrogen) atoms. The molecule has 1 nitrogen and oxygen atoms in total. The van der Waals surface area contributed by atoms with Crippen LogP contribution in [0, 0.1) is 5.82 Å². The zero-order valence-corrected chi connectivity index (χ0v) is 10.9. The van der Waals surface area contributed by atoms with E-state index in [4.69, 9.17) is 0 Å². The number of carbonyl (C=O) groups excluding carboxylic acids is 1. The monoisotopic (exact) mass is 234 g/mol. The molecule has 0 fully saturated rings. The highest BCUT2D eigenvalue weighted by atomic mass is 19.1. The highest BCUT2D eigenvalue weighted by Gasteiger charge is 2.39. The van der Waals surface area contributed by atoms with Gasteiger partial charge in [0.1, 0.15) is 5.82 Å². The van der Waals surface area contributed by atoms with Gasteiger partial charge < -0.3 is 0 Å². The molecule has 92 valence electrons. The van der Waals surface area contributed by atoms with Gasteiger partial charge in [0.25, 0.3) is 0 Å². The Bertz CT molecular complexity index is 472. The van der Waals surface area contributed by atoms with Gasteiger partial charge in [-0.25, -0.2) is 4.39 Å². The minimum atomic E-state index is -0.324. The van der Waals surface area contributed by atoms with Gasteiger partial charge in [-0.1, -0.05) is 33.8 Å². The summed E-state index contributed by atoms with van der Waals surface area (Å²) in [6, 6.07) is 3.52. The molecule has 0 bridgehead atoms. The molecule has 0 aliphatic heterocycles. The summed E-state index contributed by atoms with van der Waals surface area (Å²) in [7, 11) is 0. The van der Waals surface area contributed by atoms with Crippen molar-refractivity contribution in [2.24, 2.45) is 0 Å². The number of carbonyl (C=O) groups is 1. The van der Waals surface area contributed by atoms with Crippen molar-refractivity contribution < 1.29 is 9.18 Å². The topological polar surface area (TPSA) is 17.1 Å². The lowest BCUT2D eigenvalue weighted by Gasteiger charge is -2.42. The van der Waals surface area contributed by atoms with Crippen molar-refractivity contribution >= 4 is 6.29 Å². The number of rotatable bonds is 1. The van der Waals surface area contributed by atoms with Crippen LogP contribution in [0.1, 0.15) is 62.0 Å². The van der Waals surface area contributed by atoms with Crippen LogP contribution >= 0.6 is 0 Å². The van der Waals surface area contributed by atoms with Gasteiger partial charge in [0, 0.05) is 0 Å². The maximum atomic E-state index is 14.4. The van der Waals surface area contributed by atoms with Crippen LogP contribution in [0.2, 0.25) is 0 Å². The van der Waals surface area contributed by atoms with Crippen molar-refractivity contribution in [2.45, 2.75) is 51.4 Å². The van der Waals surface area contributed by atoms with Crippen molar-refractivity contribution in [2.75, 3.05) is 0 Å². The summed E-state index contributed by atoms with van der Waals surface area (Å²) in [5.41, 5.74) is 1.77. The first kappa shape index (κ1) is 12.3. The molecule has 0 saturated carbocycles. The number of hydrogen-bond acceptors (Lipinski definition) is 1. The molecule has 2 rings (SSSR count). The van der Waals surface area contributed by atoms with Crippen molar-refractivity contribution in [3.8, 4) is 0 Å². The molecule has 1 aliphatic rings. The molecule has 0 atom stereocenters. The standard InChI is InChI=1S/C15H19FO/c1-14(2)7-8-15(3,4)12-11(14)6-5-10(9-17)13(12)16/h5-6,9H,7-8H2,1-4H3. The molecule has 0 saturated heterocycles. The van der Waals surface area contributed by atoms with Gasteiger partial charge in [0.15, 0.2) is 6.29 Å². The molecular formula is C15H19FO. The predicted octanol–water partition coefficient (Wildman–Crippen LogP) is 3.99. The fourth-order valence-electron chi connectivity index (χ4n) is 2.79. The number of aldehydes is 1. The number of halogens is 1. The largest absolute Gasteiger partial charge is 0.298 e. The van der Waals surface area contributed by atoms with Crippen molar-refractivity contribution in [1.82, 2.24) is 0 Å². The average Bonchev–Trinajstić information content (AvgIpc) is 2.24. The molecule has 2 heteroatoms. The molecule has 0 spiro atoms. The van der Waals surface area contributed by atoms with Gasteiger partial charge >= 0.3 is 0 Å². The summed E-state index contributed by atoms with van der Waals surface area (Å²) in [4.78, 5) is 10.8. The molecule has 1 aliphatic carbocycles. The smallest absolute Gasteiger partial charge is 0.153 e. The summed E-state index contributed by atoms with van der Waals surface area (Å²) < 4.78 is 14.4. The molecule has 0 aromatic heterocycles. The second kappa shape index (κ2) is 3.66. The Morgan fingerprint density at radius 2 is 1.71 bits per heavy atom. The second-order valence-electron chi connectivity index (χ2n) is 6.28. The van der Waals surface area contributed by atoms with E-state index in [9.17, 15) is 9.18 Å². The SMILES string of the molecule is CC1(C)CCC(C)(C)c2c1ccc(C=O)c2F. The number of benzene rings is 1. The summed E-state index contributed by atoms with van der Waals surface area (Å²) in [6.07, 6.45) is 2.60. The lowest BCUT2D eigenvalue weighted by atomic mass is 9.63. The Morgan fingerprint density at radius 3 is 2.29 bits per heavy atom. The maximum Gasteiger partial charge on any atom is 0.153 e. The van der Waals surface area contributed by atoms with Gasteiger partial charge in [-0.3, -0.25) is 4.79 Å². The fraction of sp³-hybridized carbons (Fsp3) is 0.533. The normalized spacial score (nSPS) is 20.8. The second-order valence-corrected chi connectivity index (χ2v) is 6.28. The van der Waals surface area contributed by atoms with E-state index >= 15 is 0 Å². The Hall–Kier alpha value is -1.18. The van der Waals surface area contributed by atoms with E-state index in [1.165, 1.54) is 0 Å². The van der Waals surface area contributed by atoms with E-state index in [-0.39, 0.29) is 22.2 Å². The predicted molar refractivity (Wildman–Crippen MR) is 67.1 cm³/mol. The number of fused-ring (bicyclic) bond motifs is 1. The van der Waals surface area contributed by atoms with Crippen LogP contribution in [0.15, 0.2) is 12.1 Å². The van der Waals surface area contributed by atoms with Crippen LogP contribution in [0.25, 0.3) is 0 Å². The summed E-state index contributed by atoms with van der Waals surface area (Å²) in [5.74, 6) is -0.324. The van der Waals surface area contributed by atoms with Crippen LogP contribution in [0.4, 0.5) is 4.39 Å². The maximum absolute atomic E-state index is 14.4. The van der Waals surface area contributed by atoms with Gasteiger partial charge in [0.2, 0.25) is 0 Å². The highest BCUT2D eigenvalue weighted by molar-refractivity contribution is 5.76. The minimum Gasteiger partial charge on any atom is -0.298 e. The van der Waals surface area contributed by atoms with E-state index in [0.717, 1.165) is 24.0 Å². The average molecular weight is 234 g/mol. The van der Waals surface area contributed by atoms with Gasteiger partial charge in [-0.2, -0.15) is 0 Å². The molecule has 0 heterocycles. The summed E-state index contributed by atoms with van der Waals surface area (Å²) in [6.45, 7) is 8.39. The van der Waals surface area contributed by atoms with E-state index < -0.39 is 0 Å². The summed E-state index contributed by atoms with van der Waals surface area (Å²) >= 11 is 0. The van der Waals surface area contributed by atoms with E-state index in [1.807, 2.05) is 6.07 Å². The van der Waals surface area contributed by atoms with Crippen molar-refractivity contribution in [3.05, 3.63) is 34.6 Å². The van der Waals surface area contributed by atoms with Crippen LogP contribution in [0.3, 0.4) is 0 Å². The van der Waals surface area contributed by atoms with E-state index in [1.54, 1.807) is 6.07 Å². The molecule has 0 N–H and O–H groups in total. The third kappa shape index (κ3) is 1.80. The molecule has 0 amide bonds. The number of hydrogen-bond donors (Lipinski definition) is 0. The Labute approximate surface area is 102 Å². The Balaban J connectivity index is 2.76. The molecular weight excluding hydrogens is 215 g/mol. The van der Waals surface area contributed by atoms with Gasteiger partial charge in [-0.05, 0) is 40.9 Å². The van der Waals surface area contributed by atoms with Crippen molar-refractivity contribution in [1.29, 1.82) is 0 Å². The van der Waals surface area contributed by atoms with Gasteiger partial charge in [-0.15, -0.1) is 0 Å². The third-order valence-electron chi connectivity index (χ3n) is 4.08. The molecule has 1 aromatic rings. The zero-order chi connectivity index (χ0) is 12.8. The third-order valence-corrected chi connectivity index (χ3v) is 4.08. The first-order valence-corrected chi connectivity index (χ1v) is 6.08. The van der Waals surface area contributed by atoms with Crippen LogP contribution < -0.4 is 0 Å². The molecule has 0 unspecified atom stereocenters. The van der Waals surface area contributed by atoms with E-state index in [2.05, 4.69) is 27.7 Å². The lowest BCUT2D eigenvalue weighted by molar-refractivity contribution is 0.111. The fourth-order valence-corrected chi connectivity index (χ4v) is 2.79. The minimum absolute atomic E-state index is 0.00684. The first-order chi connectivity index (χ1) is 7.79. The Kier molecular flexibility index (Phi) is 2.64.